The van der Waals surface area contributed by atoms with Crippen LogP contribution < -0.4 is 10.2 Å². The fourth-order valence-electron chi connectivity index (χ4n) is 4.91. The molecule has 0 amide bonds. The van der Waals surface area contributed by atoms with Gasteiger partial charge in [0.2, 0.25) is 0 Å². The van der Waals surface area contributed by atoms with Crippen molar-refractivity contribution in [3.63, 3.8) is 0 Å². The van der Waals surface area contributed by atoms with Crippen molar-refractivity contribution in [2.75, 3.05) is 56.0 Å². The Labute approximate surface area is 240 Å². The maximum Gasteiger partial charge on any atom is 0.416 e. The van der Waals surface area contributed by atoms with Crippen LogP contribution in [0.2, 0.25) is 5.02 Å². The van der Waals surface area contributed by atoms with Crippen LogP contribution in [0.4, 0.5) is 24.5 Å². The van der Waals surface area contributed by atoms with E-state index >= 15 is 0 Å². The number of thiocarbonyl (C=S) groups is 1. The van der Waals surface area contributed by atoms with Gasteiger partial charge in [-0.2, -0.15) is 18.4 Å². The molecule has 0 saturated carbocycles. The lowest BCUT2D eigenvalue weighted by Gasteiger charge is -2.37. The number of nitriles is 1. The topological polar surface area (TPSA) is 45.5 Å². The maximum atomic E-state index is 12.8. The summed E-state index contributed by atoms with van der Waals surface area (Å²) in [4.78, 5) is 7.87. The highest BCUT2D eigenvalue weighted by Crippen LogP contribution is 2.31. The number of piperazine rings is 1. The molecule has 0 atom stereocenters. The number of benzene rings is 2. The van der Waals surface area contributed by atoms with Crippen molar-refractivity contribution in [2.24, 2.45) is 0 Å². The van der Waals surface area contributed by atoms with Crippen LogP contribution in [-0.4, -0.2) is 66.6 Å². The zero-order chi connectivity index (χ0) is 28.4. The monoisotopic (exact) mass is 579 g/mol. The van der Waals surface area contributed by atoms with Crippen LogP contribution in [0.25, 0.3) is 0 Å². The van der Waals surface area contributed by atoms with Gasteiger partial charge in [0.25, 0.3) is 0 Å². The number of likely N-dealkylation sites (tertiary alicyclic amines) is 1. The van der Waals surface area contributed by atoms with Crippen molar-refractivity contribution in [1.82, 2.24) is 9.80 Å². The molecule has 2 aliphatic heterocycles. The molecule has 0 unspecified atom stereocenters. The molecule has 2 heterocycles. The number of hydrogen-bond donors (Lipinski definition) is 1. The van der Waals surface area contributed by atoms with Crippen LogP contribution in [0.3, 0.4) is 0 Å². The van der Waals surface area contributed by atoms with Gasteiger partial charge in [-0.15, -0.1) is 0 Å². The van der Waals surface area contributed by atoms with Gasteiger partial charge >= 0.3 is 6.18 Å². The molecule has 5 nitrogen and oxygen atoms in total. The first kappa shape index (κ1) is 31.0. The van der Waals surface area contributed by atoms with Gasteiger partial charge in [0.05, 0.1) is 21.1 Å². The van der Waals surface area contributed by atoms with Crippen LogP contribution in [0.1, 0.15) is 50.7 Å². The van der Waals surface area contributed by atoms with Gasteiger partial charge in [-0.05, 0) is 74.7 Å². The summed E-state index contributed by atoms with van der Waals surface area (Å²) < 4.78 is 38.4. The fourth-order valence-corrected chi connectivity index (χ4v) is 5.46. The van der Waals surface area contributed by atoms with Crippen LogP contribution in [-0.2, 0) is 6.18 Å². The van der Waals surface area contributed by atoms with Crippen LogP contribution in [0.15, 0.2) is 42.5 Å². The van der Waals surface area contributed by atoms with E-state index in [4.69, 9.17) is 29.1 Å². The number of alkyl halides is 3. The number of piperidine rings is 1. The van der Waals surface area contributed by atoms with Crippen molar-refractivity contribution in [3.8, 4) is 6.07 Å². The van der Waals surface area contributed by atoms with E-state index in [2.05, 4.69) is 26.1 Å². The molecule has 0 spiro atoms. The lowest BCUT2D eigenvalue weighted by Crippen LogP contribution is -2.47. The fraction of sp³-hybridized carbons (Fsp3) is 0.517. The molecule has 0 radical (unpaired) electrons. The Morgan fingerprint density at radius 3 is 2.23 bits per heavy atom. The van der Waals surface area contributed by atoms with E-state index in [1.807, 2.05) is 19.9 Å². The van der Waals surface area contributed by atoms with Crippen molar-refractivity contribution in [1.29, 1.82) is 5.26 Å². The summed E-state index contributed by atoms with van der Waals surface area (Å²) in [7, 11) is 0. The Hall–Kier alpha value is -2.54. The second-order valence-corrected chi connectivity index (χ2v) is 10.5. The van der Waals surface area contributed by atoms with Gasteiger partial charge in [0, 0.05) is 56.7 Å². The highest BCUT2D eigenvalue weighted by atomic mass is 35.5. The Balaban J connectivity index is 0.00000205. The zero-order valence-corrected chi connectivity index (χ0v) is 24.2. The molecule has 1 N–H and O–H groups in total. The van der Waals surface area contributed by atoms with Gasteiger partial charge in [-0.1, -0.05) is 37.7 Å². The number of anilines is 2. The third kappa shape index (κ3) is 8.99. The normalized spacial score (nSPS) is 16.7. The third-order valence-electron chi connectivity index (χ3n) is 7.11. The summed E-state index contributed by atoms with van der Waals surface area (Å²) in [6, 6.07) is 13.3. The largest absolute Gasteiger partial charge is 0.416 e. The average molecular weight is 580 g/mol. The summed E-state index contributed by atoms with van der Waals surface area (Å²) in [6.07, 6.45) is -0.433. The van der Waals surface area contributed by atoms with Crippen LogP contribution in [0.5, 0.6) is 0 Å². The molecule has 0 aliphatic carbocycles. The first-order valence-corrected chi connectivity index (χ1v) is 14.4. The highest BCUT2D eigenvalue weighted by molar-refractivity contribution is 7.80. The highest BCUT2D eigenvalue weighted by Gasteiger charge is 2.30. The lowest BCUT2D eigenvalue weighted by molar-refractivity contribution is -0.137. The number of hydrogen-bond acceptors (Lipinski definition) is 5. The van der Waals surface area contributed by atoms with Crippen LogP contribution in [0, 0.1) is 11.3 Å². The summed E-state index contributed by atoms with van der Waals surface area (Å²) >= 11 is 11.9. The van der Waals surface area contributed by atoms with E-state index in [9.17, 15) is 13.2 Å². The van der Waals surface area contributed by atoms with Crippen LogP contribution >= 0.6 is 23.8 Å². The molecule has 2 saturated heterocycles. The molecule has 39 heavy (non-hydrogen) atoms. The van der Waals surface area contributed by atoms with E-state index < -0.39 is 11.7 Å². The Bertz CT molecular complexity index is 1100. The quantitative estimate of drug-likeness (QED) is 0.354. The molecular formula is C29H37ClF3N5S. The first-order valence-electron chi connectivity index (χ1n) is 13.6. The smallest absolute Gasteiger partial charge is 0.382 e. The minimum absolute atomic E-state index is 0.351. The van der Waals surface area contributed by atoms with E-state index in [-0.39, 0.29) is 0 Å². The number of nitrogens with zero attached hydrogens (tertiary/aromatic N) is 4. The Morgan fingerprint density at radius 1 is 1.03 bits per heavy atom. The molecule has 4 rings (SSSR count). The number of halogens is 4. The summed E-state index contributed by atoms with van der Waals surface area (Å²) in [5, 5.41) is 13.0. The molecule has 2 aliphatic rings. The first-order chi connectivity index (χ1) is 18.7. The minimum Gasteiger partial charge on any atom is -0.382 e. The molecule has 212 valence electrons. The molecular weight excluding hydrogens is 543 g/mol. The molecule has 0 bridgehead atoms. The van der Waals surface area contributed by atoms with Gasteiger partial charge in [-0.3, -0.25) is 4.90 Å². The molecule has 10 heteroatoms. The number of rotatable bonds is 7. The Morgan fingerprint density at radius 2 is 1.67 bits per heavy atom. The van der Waals surface area contributed by atoms with Crippen molar-refractivity contribution < 1.29 is 13.2 Å². The van der Waals surface area contributed by atoms with Crippen molar-refractivity contribution in [2.45, 2.75) is 51.7 Å². The predicted octanol–water partition coefficient (Wildman–Crippen LogP) is 7.06. The number of nitrogens with one attached hydrogen (secondary N) is 1. The van der Waals surface area contributed by atoms with E-state index in [1.165, 1.54) is 0 Å². The van der Waals surface area contributed by atoms with Crippen molar-refractivity contribution >= 4 is 40.2 Å². The zero-order valence-electron chi connectivity index (χ0n) is 22.6. The SMILES string of the molecule is CC.N#Cc1ccc(NC2CCN(C(=S)CCCN3CCN(c4ccc(C(F)(F)F)cc4)CC3)CC2)cc1Cl. The van der Waals surface area contributed by atoms with Gasteiger partial charge in [0.15, 0.2) is 0 Å². The van der Waals surface area contributed by atoms with E-state index in [1.54, 1.807) is 24.3 Å². The molecule has 2 fully saturated rings. The molecule has 0 aromatic heterocycles. The second-order valence-electron chi connectivity index (χ2n) is 9.58. The summed E-state index contributed by atoms with van der Waals surface area (Å²) in [5.74, 6) is 0. The van der Waals surface area contributed by atoms with Gasteiger partial charge in [0.1, 0.15) is 6.07 Å². The third-order valence-corrected chi connectivity index (χ3v) is 7.88. The van der Waals surface area contributed by atoms with Gasteiger partial charge < -0.3 is 15.1 Å². The minimum atomic E-state index is -4.30. The average Bonchev–Trinajstić information content (AvgIpc) is 2.94. The maximum absolute atomic E-state index is 12.8. The summed E-state index contributed by atoms with van der Waals surface area (Å²) in [5.41, 5.74) is 1.65. The van der Waals surface area contributed by atoms with Gasteiger partial charge in [-0.25, -0.2) is 0 Å². The van der Waals surface area contributed by atoms with E-state index in [0.717, 1.165) is 100.0 Å². The standard InChI is InChI=1S/C27H31ClF3N5S.C2H6/c28-25-18-23(6-3-20(25)19-32)33-22-9-12-36(13-10-22)26(37)2-1-11-34-14-16-35(17-15-34)24-7-4-21(5-8-24)27(29,30)31;1-2/h3-8,18,22,33H,1-2,9-17H2;1-2H3. The van der Waals surface area contributed by atoms with E-state index in [0.29, 0.717) is 16.6 Å². The van der Waals surface area contributed by atoms with Crippen molar-refractivity contribution in [3.05, 3.63) is 58.6 Å². The predicted molar refractivity (Wildman–Crippen MR) is 158 cm³/mol. The summed E-state index contributed by atoms with van der Waals surface area (Å²) in [6.45, 7) is 10.2. The second kappa shape index (κ2) is 14.7. The Kier molecular flexibility index (Phi) is 11.7. The molecule has 2 aromatic carbocycles. The lowest BCUT2D eigenvalue weighted by atomic mass is 10.0. The molecule has 2 aromatic rings.